The molecule has 0 bridgehead atoms. The second-order valence-electron chi connectivity index (χ2n) is 4.41. The van der Waals surface area contributed by atoms with Crippen molar-refractivity contribution in [3.05, 3.63) is 35.6 Å². The Labute approximate surface area is 111 Å². The molecule has 2 rings (SSSR count). The highest BCUT2D eigenvalue weighted by atomic mass is 19.1. The van der Waals surface area contributed by atoms with Crippen molar-refractivity contribution in [2.45, 2.75) is 6.42 Å². The summed E-state index contributed by atoms with van der Waals surface area (Å²) < 4.78 is 18.7. The zero-order valence-electron chi connectivity index (χ0n) is 10.5. The first-order chi connectivity index (χ1) is 9.22. The number of carbonyl (C=O) groups is 1. The number of ether oxygens (including phenoxy) is 1. The van der Waals surface area contributed by atoms with E-state index in [2.05, 4.69) is 0 Å². The molecule has 4 nitrogen and oxygen atoms in total. The Hall–Kier alpha value is -1.93. The van der Waals surface area contributed by atoms with Gasteiger partial charge in [-0.15, -0.1) is 0 Å². The van der Waals surface area contributed by atoms with E-state index < -0.39 is 5.92 Å². The van der Waals surface area contributed by atoms with Crippen molar-refractivity contribution in [1.82, 2.24) is 4.90 Å². The molecule has 1 aliphatic heterocycles. The fourth-order valence-electron chi connectivity index (χ4n) is 2.08. The number of morpholine rings is 1. The molecule has 1 unspecified atom stereocenters. The number of hydrogen-bond acceptors (Lipinski definition) is 3. The third kappa shape index (κ3) is 3.30. The molecular formula is C14H15FN2O2. The van der Waals surface area contributed by atoms with Crippen LogP contribution in [-0.4, -0.2) is 37.1 Å². The van der Waals surface area contributed by atoms with Crippen LogP contribution in [0.25, 0.3) is 0 Å². The molecule has 1 aromatic rings. The van der Waals surface area contributed by atoms with Crippen LogP contribution in [-0.2, 0) is 16.0 Å². The maximum atomic E-state index is 13.5. The third-order valence-electron chi connectivity index (χ3n) is 3.16. The Morgan fingerprint density at radius 3 is 2.74 bits per heavy atom. The second kappa shape index (κ2) is 6.30. The number of halogens is 1. The van der Waals surface area contributed by atoms with Crippen LogP contribution in [0.1, 0.15) is 5.56 Å². The number of hydrogen-bond donors (Lipinski definition) is 0. The molecule has 1 amide bonds. The van der Waals surface area contributed by atoms with E-state index in [9.17, 15) is 9.18 Å². The number of nitriles is 1. The first-order valence-electron chi connectivity index (χ1n) is 6.22. The van der Waals surface area contributed by atoms with Gasteiger partial charge in [0, 0.05) is 19.5 Å². The van der Waals surface area contributed by atoms with Gasteiger partial charge >= 0.3 is 0 Å². The highest BCUT2D eigenvalue weighted by Gasteiger charge is 2.26. The first-order valence-corrected chi connectivity index (χ1v) is 6.22. The lowest BCUT2D eigenvalue weighted by Gasteiger charge is -2.28. The molecule has 0 N–H and O–H groups in total. The molecule has 0 saturated carbocycles. The van der Waals surface area contributed by atoms with Crippen LogP contribution >= 0.6 is 0 Å². The predicted molar refractivity (Wildman–Crippen MR) is 66.6 cm³/mol. The highest BCUT2D eigenvalue weighted by Crippen LogP contribution is 2.15. The molecule has 1 heterocycles. The summed E-state index contributed by atoms with van der Waals surface area (Å²) in [7, 11) is 0. The molecule has 1 aliphatic rings. The molecule has 100 valence electrons. The number of amides is 1. The summed E-state index contributed by atoms with van der Waals surface area (Å²) in [6, 6.07) is 8.20. The average molecular weight is 262 g/mol. The summed E-state index contributed by atoms with van der Waals surface area (Å²) in [5.41, 5.74) is 0.399. The lowest BCUT2D eigenvalue weighted by molar-refractivity contribution is -0.137. The lowest BCUT2D eigenvalue weighted by atomic mass is 9.98. The van der Waals surface area contributed by atoms with Crippen molar-refractivity contribution >= 4 is 5.91 Å². The lowest BCUT2D eigenvalue weighted by Crippen LogP contribution is -2.44. The molecule has 0 aromatic heterocycles. The first kappa shape index (κ1) is 13.5. The summed E-state index contributed by atoms with van der Waals surface area (Å²) in [6.45, 7) is 1.97. The normalized spacial score (nSPS) is 16.7. The predicted octanol–water partition coefficient (Wildman–Crippen LogP) is 1.37. The van der Waals surface area contributed by atoms with Gasteiger partial charge in [0.2, 0.25) is 5.91 Å². The SMILES string of the molecule is N#CC(Cc1ccccc1F)C(=O)N1CCOCC1. The average Bonchev–Trinajstić information content (AvgIpc) is 2.47. The minimum absolute atomic E-state index is 0.110. The van der Waals surface area contributed by atoms with Gasteiger partial charge in [-0.05, 0) is 11.6 Å². The van der Waals surface area contributed by atoms with Crippen LogP contribution < -0.4 is 0 Å². The van der Waals surface area contributed by atoms with E-state index in [0.29, 0.717) is 31.9 Å². The van der Waals surface area contributed by atoms with Gasteiger partial charge in [0.25, 0.3) is 0 Å². The molecule has 0 spiro atoms. The molecule has 0 radical (unpaired) electrons. The maximum absolute atomic E-state index is 13.5. The number of rotatable bonds is 3. The largest absolute Gasteiger partial charge is 0.378 e. The Morgan fingerprint density at radius 1 is 1.42 bits per heavy atom. The van der Waals surface area contributed by atoms with Crippen LogP contribution in [0.3, 0.4) is 0 Å². The van der Waals surface area contributed by atoms with Crippen molar-refractivity contribution in [3.8, 4) is 6.07 Å². The van der Waals surface area contributed by atoms with Crippen molar-refractivity contribution in [3.63, 3.8) is 0 Å². The van der Waals surface area contributed by atoms with Crippen molar-refractivity contribution in [1.29, 1.82) is 5.26 Å². The third-order valence-corrected chi connectivity index (χ3v) is 3.16. The smallest absolute Gasteiger partial charge is 0.240 e. The van der Waals surface area contributed by atoms with Crippen molar-refractivity contribution in [2.24, 2.45) is 5.92 Å². The molecular weight excluding hydrogens is 247 g/mol. The van der Waals surface area contributed by atoms with E-state index in [1.807, 2.05) is 6.07 Å². The summed E-state index contributed by atoms with van der Waals surface area (Å²) >= 11 is 0. The monoisotopic (exact) mass is 262 g/mol. The Balaban J connectivity index is 2.06. The summed E-state index contributed by atoms with van der Waals surface area (Å²) in [5, 5.41) is 9.13. The van der Waals surface area contributed by atoms with E-state index in [-0.39, 0.29) is 18.1 Å². The molecule has 1 saturated heterocycles. The van der Waals surface area contributed by atoms with Gasteiger partial charge in [-0.1, -0.05) is 18.2 Å². The van der Waals surface area contributed by atoms with Crippen molar-refractivity contribution < 1.29 is 13.9 Å². The van der Waals surface area contributed by atoms with Gasteiger partial charge in [-0.3, -0.25) is 4.79 Å². The van der Waals surface area contributed by atoms with Crippen LogP contribution in [0.5, 0.6) is 0 Å². The standard InChI is InChI=1S/C14H15FN2O2/c15-13-4-2-1-3-11(13)9-12(10-16)14(18)17-5-7-19-8-6-17/h1-4,12H,5-9H2. The van der Waals surface area contributed by atoms with E-state index in [1.165, 1.54) is 6.07 Å². The minimum atomic E-state index is -0.838. The van der Waals surface area contributed by atoms with Crippen LogP contribution in [0.4, 0.5) is 4.39 Å². The summed E-state index contributed by atoms with van der Waals surface area (Å²) in [6.07, 6.45) is 0.110. The second-order valence-corrected chi connectivity index (χ2v) is 4.41. The molecule has 1 atom stereocenters. The Bertz CT molecular complexity index is 492. The Morgan fingerprint density at radius 2 is 2.11 bits per heavy atom. The van der Waals surface area contributed by atoms with Gasteiger partial charge < -0.3 is 9.64 Å². The quantitative estimate of drug-likeness (QED) is 0.826. The fraction of sp³-hybridized carbons (Fsp3) is 0.429. The number of nitrogens with zero attached hydrogens (tertiary/aromatic N) is 2. The summed E-state index contributed by atoms with van der Waals surface area (Å²) in [4.78, 5) is 13.8. The molecule has 0 aliphatic carbocycles. The van der Waals surface area contributed by atoms with E-state index in [0.717, 1.165) is 0 Å². The number of benzene rings is 1. The Kier molecular flexibility index (Phi) is 4.48. The zero-order chi connectivity index (χ0) is 13.7. The van der Waals surface area contributed by atoms with E-state index >= 15 is 0 Å². The molecule has 1 fully saturated rings. The molecule has 1 aromatic carbocycles. The van der Waals surface area contributed by atoms with Gasteiger partial charge in [-0.2, -0.15) is 5.26 Å². The van der Waals surface area contributed by atoms with Gasteiger partial charge in [0.1, 0.15) is 11.7 Å². The summed E-state index contributed by atoms with van der Waals surface area (Å²) in [5.74, 6) is -1.46. The van der Waals surface area contributed by atoms with E-state index in [1.54, 1.807) is 23.1 Å². The van der Waals surface area contributed by atoms with Gasteiger partial charge in [-0.25, -0.2) is 4.39 Å². The van der Waals surface area contributed by atoms with Gasteiger partial charge in [0.15, 0.2) is 0 Å². The zero-order valence-corrected chi connectivity index (χ0v) is 10.5. The molecule has 19 heavy (non-hydrogen) atoms. The minimum Gasteiger partial charge on any atom is -0.378 e. The molecule has 5 heteroatoms. The van der Waals surface area contributed by atoms with Crippen LogP contribution in [0.15, 0.2) is 24.3 Å². The van der Waals surface area contributed by atoms with Crippen LogP contribution in [0, 0.1) is 23.1 Å². The van der Waals surface area contributed by atoms with E-state index in [4.69, 9.17) is 10.00 Å². The fourth-order valence-corrected chi connectivity index (χ4v) is 2.08. The number of carbonyl (C=O) groups excluding carboxylic acids is 1. The topological polar surface area (TPSA) is 53.3 Å². The highest BCUT2D eigenvalue weighted by molar-refractivity contribution is 5.81. The van der Waals surface area contributed by atoms with Gasteiger partial charge in [0.05, 0.1) is 19.3 Å². The van der Waals surface area contributed by atoms with Crippen LogP contribution in [0.2, 0.25) is 0 Å². The maximum Gasteiger partial charge on any atom is 0.240 e. The van der Waals surface area contributed by atoms with Crippen molar-refractivity contribution in [2.75, 3.05) is 26.3 Å².